The van der Waals surface area contributed by atoms with Crippen molar-refractivity contribution in [2.45, 2.75) is 26.4 Å². The molecule has 0 fully saturated rings. The number of fused-ring (bicyclic) bond motifs is 1. The maximum atomic E-state index is 11.8. The van der Waals surface area contributed by atoms with Crippen LogP contribution in [-0.2, 0) is 9.53 Å². The molecule has 0 spiro atoms. The minimum absolute atomic E-state index is 0.00196. The molecule has 1 N–H and O–H groups in total. The molecule has 0 unspecified atom stereocenters. The van der Waals surface area contributed by atoms with E-state index in [1.54, 1.807) is 0 Å². The molecule has 2 rings (SSSR count). The number of hydrogen-bond acceptors (Lipinski definition) is 3. The van der Waals surface area contributed by atoms with Crippen LogP contribution in [-0.4, -0.2) is 31.8 Å². The quantitative estimate of drug-likeness (QED) is 0.707. The van der Waals surface area contributed by atoms with E-state index in [4.69, 9.17) is 9.47 Å². The monoisotopic (exact) mass is 379 g/mol. The summed E-state index contributed by atoms with van der Waals surface area (Å²) in [7, 11) is 0. The molecular weight excluding hydrogens is 358 g/mol. The average molecular weight is 380 g/mol. The number of halogens is 1. The van der Waals surface area contributed by atoms with Gasteiger partial charge in [0.2, 0.25) is 0 Å². The van der Waals surface area contributed by atoms with Gasteiger partial charge in [0, 0.05) is 13.2 Å². The van der Waals surface area contributed by atoms with E-state index < -0.39 is 0 Å². The lowest BCUT2D eigenvalue weighted by Gasteiger charge is -2.11. The van der Waals surface area contributed by atoms with Gasteiger partial charge in [0.15, 0.2) is 6.61 Å². The molecule has 0 saturated carbocycles. The van der Waals surface area contributed by atoms with Crippen LogP contribution in [0.25, 0.3) is 10.8 Å². The first kappa shape index (κ1) is 17.8. The number of amides is 1. The Labute approximate surface area is 145 Å². The number of ether oxygens (including phenoxy) is 2. The predicted molar refractivity (Wildman–Crippen MR) is 95.9 cm³/mol. The van der Waals surface area contributed by atoms with E-state index in [1.165, 1.54) is 0 Å². The molecule has 124 valence electrons. The highest BCUT2D eigenvalue weighted by Gasteiger charge is 2.08. The van der Waals surface area contributed by atoms with E-state index in [9.17, 15) is 4.79 Å². The number of rotatable bonds is 8. The topological polar surface area (TPSA) is 47.6 Å². The highest BCUT2D eigenvalue weighted by molar-refractivity contribution is 9.10. The Bertz CT molecular complexity index is 658. The van der Waals surface area contributed by atoms with E-state index in [0.29, 0.717) is 18.9 Å². The molecule has 0 atom stereocenters. The van der Waals surface area contributed by atoms with Crippen molar-refractivity contribution in [3.05, 3.63) is 40.9 Å². The van der Waals surface area contributed by atoms with E-state index in [1.807, 2.05) is 50.2 Å². The molecule has 0 heterocycles. The minimum Gasteiger partial charge on any atom is -0.483 e. The summed E-state index contributed by atoms with van der Waals surface area (Å²) in [4.78, 5) is 11.8. The van der Waals surface area contributed by atoms with Gasteiger partial charge in [0.05, 0.1) is 10.6 Å². The van der Waals surface area contributed by atoms with Gasteiger partial charge in [0.25, 0.3) is 5.91 Å². The molecule has 5 heteroatoms. The summed E-state index contributed by atoms with van der Waals surface area (Å²) in [6, 6.07) is 11.9. The molecule has 0 bridgehead atoms. The van der Waals surface area contributed by atoms with Crippen LogP contribution < -0.4 is 10.1 Å². The van der Waals surface area contributed by atoms with Crippen molar-refractivity contribution in [2.75, 3.05) is 19.8 Å². The van der Waals surface area contributed by atoms with Crippen molar-refractivity contribution in [3.63, 3.8) is 0 Å². The highest BCUT2D eigenvalue weighted by atomic mass is 79.9. The zero-order valence-corrected chi connectivity index (χ0v) is 15.1. The van der Waals surface area contributed by atoms with Crippen molar-refractivity contribution in [1.82, 2.24) is 5.32 Å². The van der Waals surface area contributed by atoms with Gasteiger partial charge in [-0.25, -0.2) is 0 Å². The number of carbonyl (C=O) groups excluding carboxylic acids is 1. The Kier molecular flexibility index (Phi) is 6.86. The molecule has 2 aromatic rings. The molecule has 0 aliphatic rings. The van der Waals surface area contributed by atoms with Crippen molar-refractivity contribution < 1.29 is 14.3 Å². The fourth-order valence-corrected chi connectivity index (χ4v) is 2.75. The van der Waals surface area contributed by atoms with E-state index in [2.05, 4.69) is 21.2 Å². The molecule has 4 nitrogen and oxygen atoms in total. The van der Waals surface area contributed by atoms with Crippen molar-refractivity contribution in [1.29, 1.82) is 0 Å². The van der Waals surface area contributed by atoms with Gasteiger partial charge in [-0.05, 0) is 53.0 Å². The lowest BCUT2D eigenvalue weighted by molar-refractivity contribution is -0.123. The molecule has 1 amide bonds. The van der Waals surface area contributed by atoms with Gasteiger partial charge in [-0.15, -0.1) is 0 Å². The van der Waals surface area contributed by atoms with Crippen LogP contribution in [0.5, 0.6) is 5.75 Å². The normalized spacial score (nSPS) is 11.0. The first-order chi connectivity index (χ1) is 11.1. The predicted octanol–water partition coefficient (Wildman–Crippen LogP) is 3.91. The van der Waals surface area contributed by atoms with Crippen LogP contribution in [0.2, 0.25) is 0 Å². The van der Waals surface area contributed by atoms with Gasteiger partial charge in [-0.3, -0.25) is 4.79 Å². The van der Waals surface area contributed by atoms with Gasteiger partial charge in [0.1, 0.15) is 5.75 Å². The van der Waals surface area contributed by atoms with Crippen molar-refractivity contribution in [2.24, 2.45) is 0 Å². The fourth-order valence-electron chi connectivity index (χ4n) is 2.14. The minimum atomic E-state index is -0.130. The summed E-state index contributed by atoms with van der Waals surface area (Å²) >= 11 is 3.55. The Morgan fingerprint density at radius 2 is 2.00 bits per heavy atom. The van der Waals surface area contributed by atoms with Crippen LogP contribution in [0.15, 0.2) is 40.9 Å². The second kappa shape index (κ2) is 8.89. The standard InChI is InChI=1S/C18H22BrNO3/c1-13(2)22-11-5-10-20-17(21)12-23-16-9-8-14-6-3-4-7-15(14)18(16)19/h3-4,6-9,13H,5,10-12H2,1-2H3,(H,20,21). The maximum absolute atomic E-state index is 11.8. The lowest BCUT2D eigenvalue weighted by Crippen LogP contribution is -2.30. The third kappa shape index (κ3) is 5.52. The molecule has 0 aliphatic carbocycles. The highest BCUT2D eigenvalue weighted by Crippen LogP contribution is 2.32. The summed E-state index contributed by atoms with van der Waals surface area (Å²) in [6.07, 6.45) is 1.02. The van der Waals surface area contributed by atoms with Crippen LogP contribution in [0, 0.1) is 0 Å². The van der Waals surface area contributed by atoms with Crippen LogP contribution in [0.3, 0.4) is 0 Å². The van der Waals surface area contributed by atoms with Crippen LogP contribution in [0.4, 0.5) is 0 Å². The summed E-state index contributed by atoms with van der Waals surface area (Å²) in [6.45, 7) is 5.23. The summed E-state index contributed by atoms with van der Waals surface area (Å²) in [5.74, 6) is 0.539. The molecule has 0 aromatic heterocycles. The van der Waals surface area contributed by atoms with Crippen LogP contribution >= 0.6 is 15.9 Å². The third-order valence-corrected chi connectivity index (χ3v) is 4.10. The zero-order chi connectivity index (χ0) is 16.7. The van der Waals surface area contributed by atoms with E-state index in [0.717, 1.165) is 21.7 Å². The largest absolute Gasteiger partial charge is 0.483 e. The second-order valence-electron chi connectivity index (χ2n) is 5.51. The molecule has 2 aromatic carbocycles. The van der Waals surface area contributed by atoms with E-state index in [-0.39, 0.29) is 18.6 Å². The zero-order valence-electron chi connectivity index (χ0n) is 13.5. The maximum Gasteiger partial charge on any atom is 0.257 e. The van der Waals surface area contributed by atoms with Gasteiger partial charge >= 0.3 is 0 Å². The van der Waals surface area contributed by atoms with Crippen molar-refractivity contribution >= 4 is 32.6 Å². The Morgan fingerprint density at radius 1 is 1.22 bits per heavy atom. The third-order valence-electron chi connectivity index (χ3n) is 3.28. The Balaban J connectivity index is 1.79. The molecule has 0 saturated heterocycles. The summed E-state index contributed by atoms with van der Waals surface area (Å²) in [5, 5.41) is 5.02. The van der Waals surface area contributed by atoms with Crippen LogP contribution in [0.1, 0.15) is 20.3 Å². The fraction of sp³-hybridized carbons (Fsp3) is 0.389. The Hall–Kier alpha value is -1.59. The first-order valence-electron chi connectivity index (χ1n) is 7.76. The van der Waals surface area contributed by atoms with E-state index >= 15 is 0 Å². The summed E-state index contributed by atoms with van der Waals surface area (Å²) < 4.78 is 11.9. The van der Waals surface area contributed by atoms with Crippen molar-refractivity contribution in [3.8, 4) is 5.75 Å². The molecule has 0 radical (unpaired) electrons. The summed E-state index contributed by atoms with van der Waals surface area (Å²) in [5.41, 5.74) is 0. The number of hydrogen-bond donors (Lipinski definition) is 1. The second-order valence-corrected chi connectivity index (χ2v) is 6.30. The molecular formula is C18H22BrNO3. The van der Waals surface area contributed by atoms with Gasteiger partial charge in [-0.1, -0.05) is 30.3 Å². The Morgan fingerprint density at radius 3 is 2.78 bits per heavy atom. The van der Waals surface area contributed by atoms with Gasteiger partial charge in [-0.2, -0.15) is 0 Å². The number of nitrogens with one attached hydrogen (secondary N) is 1. The molecule has 23 heavy (non-hydrogen) atoms. The van der Waals surface area contributed by atoms with Gasteiger partial charge < -0.3 is 14.8 Å². The molecule has 0 aliphatic heterocycles. The lowest BCUT2D eigenvalue weighted by atomic mass is 10.1. The number of carbonyl (C=O) groups is 1. The smallest absolute Gasteiger partial charge is 0.257 e. The average Bonchev–Trinajstić information content (AvgIpc) is 2.54. The first-order valence-corrected chi connectivity index (χ1v) is 8.55. The number of benzene rings is 2. The SMILES string of the molecule is CC(C)OCCCNC(=O)COc1ccc2ccccc2c1Br.